The lowest BCUT2D eigenvalue weighted by Gasteiger charge is -2.34. The molecule has 4 nitrogen and oxygen atoms in total. The molecule has 1 aliphatic heterocycles. The summed E-state index contributed by atoms with van der Waals surface area (Å²) < 4.78 is 4.99. The average Bonchev–Trinajstić information content (AvgIpc) is 4.07. The maximum Gasteiger partial charge on any atom is 0.166 e. The lowest BCUT2D eigenvalue weighted by molar-refractivity contribution is 0.768. The van der Waals surface area contributed by atoms with Crippen LogP contribution in [0.15, 0.2) is 231 Å². The van der Waals surface area contributed by atoms with E-state index in [1.807, 2.05) is 11.3 Å². The Labute approximate surface area is 402 Å². The summed E-state index contributed by atoms with van der Waals surface area (Å²) in [6, 6.07) is 84.1. The normalized spacial score (nSPS) is 13.0. The van der Waals surface area contributed by atoms with Crippen LogP contribution >= 0.6 is 11.3 Å². The molecule has 0 fully saturated rings. The molecule has 10 aromatic carbocycles. The molecule has 3 aromatic heterocycles. The Morgan fingerprint density at radius 2 is 0.957 bits per heavy atom. The highest BCUT2D eigenvalue weighted by Crippen LogP contribution is 2.59. The molecule has 69 heavy (non-hydrogen) atoms. The molecule has 0 unspecified atom stereocenters. The van der Waals surface area contributed by atoms with E-state index in [4.69, 9.17) is 15.0 Å². The zero-order chi connectivity index (χ0) is 45.2. The van der Waals surface area contributed by atoms with Crippen molar-refractivity contribution >= 4 is 53.3 Å². The van der Waals surface area contributed by atoms with Crippen LogP contribution in [-0.4, -0.2) is 19.5 Å². The molecular weight excluding hydrogens is 857 g/mol. The number of hydrogen-bond acceptors (Lipinski definition) is 4. The molecule has 4 heterocycles. The minimum absolute atomic E-state index is 0.609. The van der Waals surface area contributed by atoms with Crippen molar-refractivity contribution in [2.24, 2.45) is 0 Å². The van der Waals surface area contributed by atoms with Crippen LogP contribution in [-0.2, 0) is 5.41 Å². The van der Waals surface area contributed by atoms with Gasteiger partial charge < -0.3 is 4.57 Å². The number of rotatable bonds is 4. The second-order valence-corrected chi connectivity index (χ2v) is 19.3. The van der Waals surface area contributed by atoms with E-state index < -0.39 is 5.41 Å². The van der Waals surface area contributed by atoms with Gasteiger partial charge in [0.1, 0.15) is 0 Å². The van der Waals surface area contributed by atoms with Crippen LogP contribution in [0, 0.1) is 0 Å². The van der Waals surface area contributed by atoms with Crippen LogP contribution in [0.1, 0.15) is 22.3 Å². The van der Waals surface area contributed by atoms with E-state index in [9.17, 15) is 0 Å². The summed E-state index contributed by atoms with van der Waals surface area (Å²) in [6.45, 7) is 0. The average molecular weight is 895 g/mol. The van der Waals surface area contributed by atoms with Crippen LogP contribution in [0.5, 0.6) is 0 Å². The second kappa shape index (κ2) is 14.6. The third kappa shape index (κ3) is 5.42. The zero-order valence-electron chi connectivity index (χ0n) is 37.1. The lowest BCUT2D eigenvalue weighted by Crippen LogP contribution is -2.28. The molecule has 0 spiro atoms. The molecule has 320 valence electrons. The molecule has 2 aliphatic rings. The fraction of sp³-hybridized carbons (Fsp3) is 0.0156. The first kappa shape index (κ1) is 38.3. The third-order valence-electron chi connectivity index (χ3n) is 14.7. The van der Waals surface area contributed by atoms with Crippen LogP contribution in [0.2, 0.25) is 0 Å². The summed E-state index contributed by atoms with van der Waals surface area (Å²) in [6.07, 6.45) is 0. The van der Waals surface area contributed by atoms with Crippen molar-refractivity contribution in [2.75, 3.05) is 0 Å². The van der Waals surface area contributed by atoms with Gasteiger partial charge in [-0.2, -0.15) is 0 Å². The van der Waals surface area contributed by atoms with E-state index in [-0.39, 0.29) is 0 Å². The lowest BCUT2D eigenvalue weighted by atomic mass is 9.67. The number of fused-ring (bicyclic) bond motifs is 17. The highest BCUT2D eigenvalue weighted by molar-refractivity contribution is 7.26. The van der Waals surface area contributed by atoms with Gasteiger partial charge in [0.2, 0.25) is 0 Å². The zero-order valence-corrected chi connectivity index (χ0v) is 38.0. The van der Waals surface area contributed by atoms with E-state index in [0.29, 0.717) is 17.5 Å². The van der Waals surface area contributed by atoms with Crippen molar-refractivity contribution in [2.45, 2.75) is 5.41 Å². The van der Waals surface area contributed by atoms with Gasteiger partial charge in [-0.3, -0.25) is 0 Å². The summed E-state index contributed by atoms with van der Waals surface area (Å²) in [7, 11) is 0. The Hall–Kier alpha value is -8.77. The standard InChI is InChI=1S/C64H38N4S/c1-3-19-42(20-4-1)64(43-21-5-2-6-22-43)53-36-33-40-38-52(53)58-51(28-16-29-54(58)64)63-66-61(41-18-15-17-39(37-41)44-23-7-8-24-45(40)44)65-62(67-63)50-27-10-13-31-56(50)68-55-30-12-9-25-46(55)48-34-35-49-47-26-11-14-32-57(47)69-60(49)59(48)68/h1-38H. The molecule has 0 amide bonds. The number of benzene rings is 10. The highest BCUT2D eigenvalue weighted by atomic mass is 32.1. The molecule has 0 N–H and O–H groups in total. The minimum Gasteiger partial charge on any atom is -0.307 e. The topological polar surface area (TPSA) is 43.6 Å². The molecular formula is C64H38N4S. The van der Waals surface area contributed by atoms with Crippen molar-refractivity contribution in [1.82, 2.24) is 19.5 Å². The molecule has 13 aromatic rings. The minimum atomic E-state index is -0.609. The van der Waals surface area contributed by atoms with Crippen LogP contribution in [0.4, 0.5) is 0 Å². The Kier molecular flexibility index (Phi) is 8.12. The van der Waals surface area contributed by atoms with Crippen molar-refractivity contribution in [3.8, 4) is 73.2 Å². The third-order valence-corrected chi connectivity index (χ3v) is 15.9. The predicted octanol–water partition coefficient (Wildman–Crippen LogP) is 16.3. The summed E-state index contributed by atoms with van der Waals surface area (Å²) >= 11 is 1.86. The number of aromatic nitrogens is 4. The van der Waals surface area contributed by atoms with E-state index >= 15 is 0 Å². The van der Waals surface area contributed by atoms with Gasteiger partial charge in [0.25, 0.3) is 0 Å². The molecule has 5 heteroatoms. The van der Waals surface area contributed by atoms with Crippen LogP contribution < -0.4 is 0 Å². The summed E-state index contributed by atoms with van der Waals surface area (Å²) in [5, 5.41) is 4.96. The maximum atomic E-state index is 5.64. The Morgan fingerprint density at radius 1 is 0.362 bits per heavy atom. The first-order valence-electron chi connectivity index (χ1n) is 23.5. The van der Waals surface area contributed by atoms with E-state index in [0.717, 1.165) is 50.1 Å². The molecule has 0 atom stereocenters. The predicted molar refractivity (Wildman–Crippen MR) is 285 cm³/mol. The second-order valence-electron chi connectivity index (χ2n) is 18.2. The smallest absolute Gasteiger partial charge is 0.166 e. The van der Waals surface area contributed by atoms with Crippen LogP contribution in [0.3, 0.4) is 0 Å². The maximum absolute atomic E-state index is 5.64. The Balaban J connectivity index is 1.06. The van der Waals surface area contributed by atoms with Gasteiger partial charge in [0.05, 0.1) is 26.8 Å². The molecule has 0 radical (unpaired) electrons. The van der Waals surface area contributed by atoms with E-state index in [2.05, 4.69) is 235 Å². The summed E-state index contributed by atoms with van der Waals surface area (Å²) in [5.41, 5.74) is 17.3. The number of hydrogen-bond donors (Lipinski definition) is 0. The molecule has 6 bridgehead atoms. The van der Waals surface area contributed by atoms with Crippen molar-refractivity contribution < 1.29 is 0 Å². The highest BCUT2D eigenvalue weighted by Gasteiger charge is 2.47. The summed E-state index contributed by atoms with van der Waals surface area (Å²) in [5.74, 6) is 1.87. The Bertz CT molecular complexity index is 4220. The SMILES string of the molecule is c1ccc(C2(c3ccccc3)c3ccc4cc3-c3c(cccc32)-c2nc(nc(-c3ccccc3-n3c5ccccc5c5ccc6c7ccccc7sc6c53)n2)-c2cccc(c2)-c2ccccc2-4)cc1. The molecule has 0 saturated carbocycles. The van der Waals surface area contributed by atoms with Crippen molar-refractivity contribution in [1.29, 1.82) is 0 Å². The van der Waals surface area contributed by atoms with Gasteiger partial charge in [-0.1, -0.05) is 194 Å². The van der Waals surface area contributed by atoms with Gasteiger partial charge in [-0.15, -0.1) is 11.3 Å². The first-order valence-corrected chi connectivity index (χ1v) is 24.3. The van der Waals surface area contributed by atoms with Crippen LogP contribution in [0.25, 0.3) is 115 Å². The number of thiophene rings is 1. The monoisotopic (exact) mass is 894 g/mol. The van der Waals surface area contributed by atoms with E-state index in [1.165, 1.54) is 69.8 Å². The quantitative estimate of drug-likeness (QED) is 0.177. The summed E-state index contributed by atoms with van der Waals surface area (Å²) in [4.78, 5) is 16.7. The van der Waals surface area contributed by atoms with Gasteiger partial charge in [0.15, 0.2) is 17.5 Å². The molecule has 15 rings (SSSR count). The first-order chi connectivity index (χ1) is 34.2. The van der Waals surface area contributed by atoms with Gasteiger partial charge in [-0.05, 0) is 92.0 Å². The van der Waals surface area contributed by atoms with Gasteiger partial charge in [-0.25, -0.2) is 15.0 Å². The van der Waals surface area contributed by atoms with Crippen molar-refractivity contribution in [3.05, 3.63) is 253 Å². The van der Waals surface area contributed by atoms with Gasteiger partial charge in [0, 0.05) is 42.9 Å². The van der Waals surface area contributed by atoms with E-state index in [1.54, 1.807) is 0 Å². The number of nitrogens with zero attached hydrogens (tertiary/aromatic N) is 4. The molecule has 0 saturated heterocycles. The molecule has 1 aliphatic carbocycles. The largest absolute Gasteiger partial charge is 0.307 e. The Morgan fingerprint density at radius 3 is 1.75 bits per heavy atom. The van der Waals surface area contributed by atoms with Crippen molar-refractivity contribution in [3.63, 3.8) is 0 Å². The fourth-order valence-corrected chi connectivity index (χ4v) is 13.0. The number of para-hydroxylation sites is 2. The fourth-order valence-electron chi connectivity index (χ4n) is 11.8. The van der Waals surface area contributed by atoms with Gasteiger partial charge >= 0.3 is 0 Å².